The van der Waals surface area contributed by atoms with Gasteiger partial charge in [0.05, 0.1) is 0 Å². The smallest absolute Gasteiger partial charge is 0.136 e. The Bertz CT molecular complexity index is 266. The Kier molecular flexibility index (Phi) is 4.73. The quantitative estimate of drug-likeness (QED) is 0.651. The summed E-state index contributed by atoms with van der Waals surface area (Å²) in [5, 5.41) is 0. The Labute approximate surface area is 91.7 Å². The highest BCUT2D eigenvalue weighted by Gasteiger charge is 2.33. The van der Waals surface area contributed by atoms with Crippen molar-refractivity contribution in [2.45, 2.75) is 46.0 Å². The number of ketones is 2. The van der Waals surface area contributed by atoms with Crippen LogP contribution in [0, 0.1) is 11.8 Å². The summed E-state index contributed by atoms with van der Waals surface area (Å²) in [5.41, 5.74) is 0. The Hall–Kier alpha value is -0.920. The molecule has 0 heterocycles. The van der Waals surface area contributed by atoms with Gasteiger partial charge in [0, 0.05) is 18.8 Å². The van der Waals surface area contributed by atoms with Crippen molar-refractivity contribution >= 4 is 11.6 Å². The van der Waals surface area contributed by atoms with Gasteiger partial charge in [-0.3, -0.25) is 4.79 Å². The zero-order chi connectivity index (χ0) is 11.3. The first-order chi connectivity index (χ1) is 7.15. The van der Waals surface area contributed by atoms with E-state index in [1.165, 1.54) is 0 Å². The summed E-state index contributed by atoms with van der Waals surface area (Å²) >= 11 is 0. The molecular weight excluding hydrogens is 188 g/mol. The molecule has 0 radical (unpaired) electrons. The van der Waals surface area contributed by atoms with Crippen LogP contribution in [0.5, 0.6) is 0 Å². The van der Waals surface area contributed by atoms with E-state index < -0.39 is 0 Å². The van der Waals surface area contributed by atoms with Crippen molar-refractivity contribution in [2.75, 3.05) is 0 Å². The van der Waals surface area contributed by atoms with E-state index in [-0.39, 0.29) is 11.7 Å². The van der Waals surface area contributed by atoms with E-state index in [1.807, 2.05) is 0 Å². The fraction of sp³-hybridized carbons (Fsp3) is 0.692. The maximum atomic E-state index is 11.6. The molecule has 1 saturated carbocycles. The van der Waals surface area contributed by atoms with Crippen LogP contribution >= 0.6 is 0 Å². The third-order valence-electron chi connectivity index (χ3n) is 3.09. The average Bonchev–Trinajstić information content (AvgIpc) is 2.49. The van der Waals surface area contributed by atoms with E-state index in [1.54, 1.807) is 6.92 Å². The monoisotopic (exact) mass is 208 g/mol. The molecule has 2 nitrogen and oxygen atoms in total. The molecular formula is C13H20O2. The fourth-order valence-electron chi connectivity index (χ4n) is 2.32. The summed E-state index contributed by atoms with van der Waals surface area (Å²) in [6.45, 7) is 3.70. The predicted molar refractivity (Wildman–Crippen MR) is 60.6 cm³/mol. The van der Waals surface area contributed by atoms with Gasteiger partial charge in [-0.2, -0.15) is 0 Å². The molecule has 0 aliphatic heterocycles. The molecule has 0 unspecified atom stereocenters. The third kappa shape index (κ3) is 3.61. The van der Waals surface area contributed by atoms with E-state index >= 15 is 0 Å². The lowest BCUT2D eigenvalue weighted by Crippen LogP contribution is -2.16. The van der Waals surface area contributed by atoms with Crippen molar-refractivity contribution in [3.05, 3.63) is 12.2 Å². The molecule has 2 heteroatoms. The maximum Gasteiger partial charge on any atom is 0.136 e. The second-order valence-corrected chi connectivity index (χ2v) is 4.39. The first-order valence-corrected chi connectivity index (χ1v) is 5.82. The van der Waals surface area contributed by atoms with Gasteiger partial charge < -0.3 is 4.79 Å². The maximum absolute atomic E-state index is 11.6. The summed E-state index contributed by atoms with van der Waals surface area (Å²) in [5.74, 6) is 0.967. The molecule has 0 saturated heterocycles. The van der Waals surface area contributed by atoms with E-state index in [0.717, 1.165) is 19.3 Å². The Balaban J connectivity index is 2.52. The zero-order valence-corrected chi connectivity index (χ0v) is 9.66. The minimum atomic E-state index is 0.108. The Morgan fingerprint density at radius 3 is 2.80 bits per heavy atom. The van der Waals surface area contributed by atoms with Crippen LogP contribution in [0.2, 0.25) is 0 Å². The first-order valence-electron chi connectivity index (χ1n) is 5.82. The van der Waals surface area contributed by atoms with Crippen molar-refractivity contribution in [1.29, 1.82) is 0 Å². The third-order valence-corrected chi connectivity index (χ3v) is 3.09. The molecule has 0 aromatic rings. The van der Waals surface area contributed by atoms with Crippen LogP contribution in [0.15, 0.2) is 12.2 Å². The van der Waals surface area contributed by atoms with Crippen LogP contribution in [-0.4, -0.2) is 11.6 Å². The number of carbonyl (C=O) groups excluding carboxylic acids is 2. The number of allylic oxidation sites excluding steroid dienone is 2. The average molecular weight is 208 g/mol. The van der Waals surface area contributed by atoms with Crippen molar-refractivity contribution in [1.82, 2.24) is 0 Å². The molecule has 1 aliphatic rings. The number of carbonyl (C=O) groups is 2. The molecule has 0 N–H and O–H groups in total. The standard InChI is InChI=1S/C13H20O2/c1-3-4-5-6-12-11(9-10(2)14)7-8-13(12)15/h4-5,11-12H,3,6-9H2,1-2H3/b5-4-/t11-,12+/m0/s1. The van der Waals surface area contributed by atoms with Gasteiger partial charge in [0.15, 0.2) is 0 Å². The second kappa shape index (κ2) is 5.84. The van der Waals surface area contributed by atoms with Crippen LogP contribution in [0.3, 0.4) is 0 Å². The number of Topliss-reactive ketones (excluding diaryl/α,β-unsaturated/α-hetero) is 2. The Morgan fingerprint density at radius 1 is 1.47 bits per heavy atom. The molecule has 1 fully saturated rings. The first kappa shape index (κ1) is 12.2. The van der Waals surface area contributed by atoms with E-state index in [0.29, 0.717) is 24.5 Å². The van der Waals surface area contributed by atoms with Gasteiger partial charge in [0.25, 0.3) is 0 Å². The van der Waals surface area contributed by atoms with E-state index in [4.69, 9.17) is 0 Å². The van der Waals surface area contributed by atoms with Crippen molar-refractivity contribution in [3.63, 3.8) is 0 Å². The number of rotatable bonds is 5. The van der Waals surface area contributed by atoms with Gasteiger partial charge in [-0.05, 0) is 32.1 Å². The van der Waals surface area contributed by atoms with Crippen molar-refractivity contribution in [3.8, 4) is 0 Å². The van der Waals surface area contributed by atoms with Crippen LogP contribution in [0.25, 0.3) is 0 Å². The highest BCUT2D eigenvalue weighted by atomic mass is 16.1. The van der Waals surface area contributed by atoms with Crippen molar-refractivity contribution < 1.29 is 9.59 Å². The van der Waals surface area contributed by atoms with Gasteiger partial charge >= 0.3 is 0 Å². The number of hydrogen-bond acceptors (Lipinski definition) is 2. The largest absolute Gasteiger partial charge is 0.300 e. The van der Waals surface area contributed by atoms with Gasteiger partial charge in [-0.25, -0.2) is 0 Å². The topological polar surface area (TPSA) is 34.1 Å². The summed E-state index contributed by atoms with van der Waals surface area (Å²) in [6.07, 6.45) is 8.17. The van der Waals surface area contributed by atoms with Crippen LogP contribution in [0.1, 0.15) is 46.0 Å². The molecule has 15 heavy (non-hydrogen) atoms. The lowest BCUT2D eigenvalue weighted by molar-refractivity contribution is -0.121. The minimum Gasteiger partial charge on any atom is -0.300 e. The molecule has 0 spiro atoms. The summed E-state index contributed by atoms with van der Waals surface area (Å²) < 4.78 is 0. The molecule has 0 aromatic carbocycles. The predicted octanol–water partition coefficient (Wildman–Crippen LogP) is 2.92. The fourth-order valence-corrected chi connectivity index (χ4v) is 2.32. The molecule has 1 rings (SSSR count). The lowest BCUT2D eigenvalue weighted by Gasteiger charge is -2.14. The highest BCUT2D eigenvalue weighted by molar-refractivity contribution is 5.85. The van der Waals surface area contributed by atoms with Crippen LogP contribution < -0.4 is 0 Å². The highest BCUT2D eigenvalue weighted by Crippen LogP contribution is 2.34. The molecule has 84 valence electrons. The number of hydrogen-bond donors (Lipinski definition) is 0. The summed E-state index contributed by atoms with van der Waals surface area (Å²) in [4.78, 5) is 22.7. The Morgan fingerprint density at radius 2 is 2.20 bits per heavy atom. The van der Waals surface area contributed by atoms with Gasteiger partial charge in [0.1, 0.15) is 11.6 Å². The minimum absolute atomic E-state index is 0.108. The van der Waals surface area contributed by atoms with Gasteiger partial charge in [-0.1, -0.05) is 19.1 Å². The van der Waals surface area contributed by atoms with Crippen molar-refractivity contribution in [2.24, 2.45) is 11.8 Å². The molecule has 0 bridgehead atoms. The molecule has 0 amide bonds. The molecule has 2 atom stereocenters. The SMILES string of the molecule is CC/C=C\C[C@H]1C(=O)CC[C@H]1CC(C)=O. The summed E-state index contributed by atoms with van der Waals surface area (Å²) in [6, 6.07) is 0. The van der Waals surface area contributed by atoms with E-state index in [9.17, 15) is 9.59 Å². The van der Waals surface area contributed by atoms with Gasteiger partial charge in [0.2, 0.25) is 0 Å². The van der Waals surface area contributed by atoms with Crippen LogP contribution in [-0.2, 0) is 9.59 Å². The second-order valence-electron chi connectivity index (χ2n) is 4.39. The molecule has 0 aromatic heterocycles. The van der Waals surface area contributed by atoms with E-state index in [2.05, 4.69) is 19.1 Å². The zero-order valence-electron chi connectivity index (χ0n) is 9.66. The normalized spacial score (nSPS) is 26.4. The summed E-state index contributed by atoms with van der Waals surface area (Å²) in [7, 11) is 0. The lowest BCUT2D eigenvalue weighted by atomic mass is 9.88. The van der Waals surface area contributed by atoms with Gasteiger partial charge in [-0.15, -0.1) is 0 Å². The molecule has 1 aliphatic carbocycles. The van der Waals surface area contributed by atoms with Crippen LogP contribution in [0.4, 0.5) is 0 Å².